The summed E-state index contributed by atoms with van der Waals surface area (Å²) in [6.07, 6.45) is 1.29. The predicted molar refractivity (Wildman–Crippen MR) is 87.8 cm³/mol. The van der Waals surface area contributed by atoms with Gasteiger partial charge in [-0.3, -0.25) is 4.79 Å². The maximum Gasteiger partial charge on any atom is 0.416 e. The van der Waals surface area contributed by atoms with Crippen LogP contribution < -0.4 is 5.32 Å². The summed E-state index contributed by atoms with van der Waals surface area (Å²) in [7, 11) is 1.40. The van der Waals surface area contributed by atoms with E-state index in [4.69, 9.17) is 4.74 Å². The van der Waals surface area contributed by atoms with Gasteiger partial charge in [-0.05, 0) is 48.8 Å². The number of benzene rings is 1. The second-order valence-corrected chi connectivity index (χ2v) is 7.17. The van der Waals surface area contributed by atoms with E-state index < -0.39 is 11.7 Å². The molecule has 1 saturated heterocycles. The minimum absolute atomic E-state index is 0.0173. The van der Waals surface area contributed by atoms with Crippen molar-refractivity contribution in [3.63, 3.8) is 0 Å². The summed E-state index contributed by atoms with van der Waals surface area (Å²) in [5.41, 5.74) is 0.223. The Morgan fingerprint density at radius 1 is 1.20 bits per heavy atom. The molecule has 1 aromatic rings. The van der Waals surface area contributed by atoms with E-state index in [0.717, 1.165) is 43.4 Å². The Morgan fingerprint density at radius 3 is 2.52 bits per heavy atom. The van der Waals surface area contributed by atoms with Crippen LogP contribution in [-0.4, -0.2) is 19.1 Å². The summed E-state index contributed by atoms with van der Waals surface area (Å²) < 4.78 is 43.1. The van der Waals surface area contributed by atoms with Crippen molar-refractivity contribution in [2.24, 2.45) is 11.8 Å². The highest BCUT2D eigenvalue weighted by molar-refractivity contribution is 5.69. The maximum atomic E-state index is 12.8. The van der Waals surface area contributed by atoms with Gasteiger partial charge in [-0.2, -0.15) is 13.2 Å². The molecule has 4 atom stereocenters. The van der Waals surface area contributed by atoms with Crippen LogP contribution >= 0.6 is 0 Å². The highest BCUT2D eigenvalue weighted by Crippen LogP contribution is 2.42. The van der Waals surface area contributed by atoms with Crippen LogP contribution in [0, 0.1) is 11.8 Å². The number of hydrogen-bond donors (Lipinski definition) is 1. The fraction of sp³-hybridized carbons (Fsp3) is 0.632. The van der Waals surface area contributed by atoms with E-state index in [2.05, 4.69) is 5.32 Å². The molecule has 1 saturated carbocycles. The van der Waals surface area contributed by atoms with Crippen LogP contribution in [0.4, 0.5) is 13.2 Å². The van der Waals surface area contributed by atoms with Crippen molar-refractivity contribution >= 4 is 5.97 Å². The van der Waals surface area contributed by atoms with Crippen molar-refractivity contribution < 1.29 is 22.7 Å². The molecule has 6 heteroatoms. The minimum atomic E-state index is -4.32. The zero-order valence-corrected chi connectivity index (χ0v) is 14.3. The Hall–Kier alpha value is -1.56. The standard InChI is InChI=1S/C19H24F3NO2/c1-25-18(24)11-13-10-17(23-16-5-3-2-4-15(13)16)12-6-8-14(9-7-12)19(20,21)22/h6-9,13,15-17,23H,2-5,10-11H2,1H3. The summed E-state index contributed by atoms with van der Waals surface area (Å²) in [5, 5.41) is 3.62. The molecule has 0 bridgehead atoms. The van der Waals surface area contributed by atoms with Crippen LogP contribution in [0.25, 0.3) is 0 Å². The SMILES string of the molecule is COC(=O)CC1CC(c2ccc(C(F)(F)F)cc2)NC2CCCCC12. The lowest BCUT2D eigenvalue weighted by molar-refractivity contribution is -0.143. The number of piperidine rings is 1. The molecule has 0 radical (unpaired) electrons. The van der Waals surface area contributed by atoms with E-state index in [1.165, 1.54) is 13.5 Å². The first-order chi connectivity index (χ1) is 11.9. The molecule has 0 spiro atoms. The fourth-order valence-corrected chi connectivity index (χ4v) is 4.40. The Morgan fingerprint density at radius 2 is 1.88 bits per heavy atom. The molecule has 1 aromatic carbocycles. The summed E-state index contributed by atoms with van der Waals surface area (Å²) in [6, 6.07) is 5.69. The number of halogens is 3. The number of methoxy groups -OCH3 is 1. The van der Waals surface area contributed by atoms with Gasteiger partial charge >= 0.3 is 12.1 Å². The van der Waals surface area contributed by atoms with Gasteiger partial charge in [-0.25, -0.2) is 0 Å². The normalized spacial score (nSPS) is 29.8. The van der Waals surface area contributed by atoms with Gasteiger partial charge in [0.2, 0.25) is 0 Å². The van der Waals surface area contributed by atoms with Gasteiger partial charge in [-0.1, -0.05) is 25.0 Å². The van der Waals surface area contributed by atoms with Crippen LogP contribution in [0.3, 0.4) is 0 Å². The molecular weight excluding hydrogens is 331 g/mol. The molecule has 1 heterocycles. The van der Waals surface area contributed by atoms with E-state index in [9.17, 15) is 18.0 Å². The third-order valence-electron chi connectivity index (χ3n) is 5.68. The number of carbonyl (C=O) groups excluding carboxylic acids is 1. The van der Waals surface area contributed by atoms with E-state index in [1.54, 1.807) is 12.1 Å². The lowest BCUT2D eigenvalue weighted by atomic mass is 9.69. The summed E-state index contributed by atoms with van der Waals surface area (Å²) >= 11 is 0. The lowest BCUT2D eigenvalue weighted by Gasteiger charge is -2.45. The van der Waals surface area contributed by atoms with Gasteiger partial charge in [0.05, 0.1) is 12.7 Å². The first-order valence-corrected chi connectivity index (χ1v) is 8.88. The number of ether oxygens (including phenoxy) is 1. The number of fused-ring (bicyclic) bond motifs is 1. The molecule has 25 heavy (non-hydrogen) atoms. The number of rotatable bonds is 3. The third kappa shape index (κ3) is 4.17. The topological polar surface area (TPSA) is 38.3 Å². The molecule has 2 fully saturated rings. The second kappa shape index (κ2) is 7.36. The van der Waals surface area contributed by atoms with Crippen LogP contribution in [0.2, 0.25) is 0 Å². The largest absolute Gasteiger partial charge is 0.469 e. The van der Waals surface area contributed by atoms with Crippen molar-refractivity contribution in [1.82, 2.24) is 5.32 Å². The van der Waals surface area contributed by atoms with E-state index >= 15 is 0 Å². The van der Waals surface area contributed by atoms with Crippen molar-refractivity contribution in [3.05, 3.63) is 35.4 Å². The summed E-state index contributed by atoms with van der Waals surface area (Å²) in [5.74, 6) is 0.451. The molecule has 3 rings (SSSR count). The van der Waals surface area contributed by atoms with E-state index in [0.29, 0.717) is 18.4 Å². The molecule has 138 valence electrons. The van der Waals surface area contributed by atoms with Gasteiger partial charge in [-0.15, -0.1) is 0 Å². The summed E-state index contributed by atoms with van der Waals surface area (Å²) in [6.45, 7) is 0. The molecule has 0 aromatic heterocycles. The van der Waals surface area contributed by atoms with E-state index in [-0.39, 0.29) is 17.9 Å². The first kappa shape index (κ1) is 18.2. The van der Waals surface area contributed by atoms with Crippen LogP contribution in [-0.2, 0) is 15.7 Å². The monoisotopic (exact) mass is 355 g/mol. The quantitative estimate of drug-likeness (QED) is 0.813. The molecule has 1 aliphatic heterocycles. The average molecular weight is 355 g/mol. The van der Waals surface area contributed by atoms with Crippen LogP contribution in [0.1, 0.15) is 55.7 Å². The van der Waals surface area contributed by atoms with Crippen LogP contribution in [0.5, 0.6) is 0 Å². The molecule has 3 nitrogen and oxygen atoms in total. The van der Waals surface area contributed by atoms with Crippen molar-refractivity contribution in [1.29, 1.82) is 0 Å². The van der Waals surface area contributed by atoms with Crippen molar-refractivity contribution in [3.8, 4) is 0 Å². The Bertz CT molecular complexity index is 600. The highest BCUT2D eigenvalue weighted by Gasteiger charge is 2.40. The Labute approximate surface area is 145 Å². The van der Waals surface area contributed by atoms with Gasteiger partial charge < -0.3 is 10.1 Å². The van der Waals surface area contributed by atoms with Gasteiger partial charge in [0.15, 0.2) is 0 Å². The number of alkyl halides is 3. The smallest absolute Gasteiger partial charge is 0.416 e. The molecular formula is C19H24F3NO2. The second-order valence-electron chi connectivity index (χ2n) is 7.17. The van der Waals surface area contributed by atoms with Gasteiger partial charge in [0.1, 0.15) is 0 Å². The molecule has 1 aliphatic carbocycles. The Kier molecular flexibility index (Phi) is 5.37. The minimum Gasteiger partial charge on any atom is -0.469 e. The highest BCUT2D eigenvalue weighted by atomic mass is 19.4. The fourth-order valence-electron chi connectivity index (χ4n) is 4.40. The number of carbonyl (C=O) groups is 1. The molecule has 0 amide bonds. The number of nitrogens with one attached hydrogen (secondary N) is 1. The van der Waals surface area contributed by atoms with Gasteiger partial charge in [0, 0.05) is 18.5 Å². The zero-order chi connectivity index (χ0) is 18.0. The average Bonchev–Trinajstić information content (AvgIpc) is 2.61. The maximum absolute atomic E-state index is 12.8. The van der Waals surface area contributed by atoms with Crippen molar-refractivity contribution in [2.75, 3.05) is 7.11 Å². The number of esters is 1. The van der Waals surface area contributed by atoms with Crippen LogP contribution in [0.15, 0.2) is 24.3 Å². The number of hydrogen-bond acceptors (Lipinski definition) is 3. The van der Waals surface area contributed by atoms with E-state index in [1.807, 2.05) is 0 Å². The molecule has 1 N–H and O–H groups in total. The lowest BCUT2D eigenvalue weighted by Crippen LogP contribution is -2.49. The third-order valence-corrected chi connectivity index (χ3v) is 5.68. The molecule has 2 aliphatic rings. The first-order valence-electron chi connectivity index (χ1n) is 8.88. The van der Waals surface area contributed by atoms with Gasteiger partial charge in [0.25, 0.3) is 0 Å². The Balaban J connectivity index is 1.78. The van der Waals surface area contributed by atoms with Crippen molar-refractivity contribution in [2.45, 2.75) is 56.8 Å². The zero-order valence-electron chi connectivity index (χ0n) is 14.3. The summed E-state index contributed by atoms with van der Waals surface area (Å²) in [4.78, 5) is 11.8. The predicted octanol–water partition coefficient (Wildman–Crippen LogP) is 4.48. The molecule has 4 unspecified atom stereocenters.